The smallest absolute Gasteiger partial charge is 0.242 e. The third kappa shape index (κ3) is 6.39. The van der Waals surface area contributed by atoms with Gasteiger partial charge in [0.15, 0.2) is 5.78 Å². The van der Waals surface area contributed by atoms with Crippen molar-refractivity contribution in [3.63, 3.8) is 0 Å². The summed E-state index contributed by atoms with van der Waals surface area (Å²) in [5.74, 6) is -0.283. The van der Waals surface area contributed by atoms with E-state index >= 15 is 0 Å². The van der Waals surface area contributed by atoms with Gasteiger partial charge in [0.25, 0.3) is 0 Å². The van der Waals surface area contributed by atoms with Gasteiger partial charge in [-0.1, -0.05) is 35.9 Å². The van der Waals surface area contributed by atoms with E-state index < -0.39 is 10.0 Å². The van der Waals surface area contributed by atoms with Gasteiger partial charge < -0.3 is 5.32 Å². The monoisotopic (exact) mass is 436 g/mol. The maximum atomic E-state index is 12.6. The number of nitrogens with one attached hydrogen (secondary N) is 1. The van der Waals surface area contributed by atoms with Crippen molar-refractivity contribution in [1.82, 2.24) is 9.62 Å². The number of ketones is 1. The summed E-state index contributed by atoms with van der Waals surface area (Å²) in [5.41, 5.74) is 1.36. The molecule has 0 saturated carbocycles. The van der Waals surface area contributed by atoms with Crippen LogP contribution in [0.3, 0.4) is 0 Å². The van der Waals surface area contributed by atoms with Crippen LogP contribution in [0.25, 0.3) is 0 Å². The van der Waals surface area contributed by atoms with Crippen molar-refractivity contribution >= 4 is 33.3 Å². The molecule has 8 heteroatoms. The highest BCUT2D eigenvalue weighted by Gasteiger charge is 2.21. The molecule has 2 aromatic rings. The van der Waals surface area contributed by atoms with E-state index in [1.807, 2.05) is 19.1 Å². The first-order valence-corrected chi connectivity index (χ1v) is 11.0. The quantitative estimate of drug-likeness (QED) is 0.605. The van der Waals surface area contributed by atoms with Gasteiger partial charge in [0, 0.05) is 30.6 Å². The normalized spacial score (nSPS) is 12.6. The van der Waals surface area contributed by atoms with E-state index in [0.29, 0.717) is 17.0 Å². The zero-order valence-electron chi connectivity index (χ0n) is 16.7. The molecule has 0 fully saturated rings. The van der Waals surface area contributed by atoms with Gasteiger partial charge in [-0.25, -0.2) is 12.7 Å². The first-order chi connectivity index (χ1) is 13.6. The van der Waals surface area contributed by atoms with Crippen LogP contribution in [0, 0.1) is 0 Å². The van der Waals surface area contributed by atoms with Crippen molar-refractivity contribution in [3.05, 3.63) is 64.7 Å². The summed E-state index contributed by atoms with van der Waals surface area (Å²) in [4.78, 5) is 23.6. The molecular formula is C21H25ClN2O4S. The molecule has 0 bridgehead atoms. The van der Waals surface area contributed by atoms with Crippen LogP contribution in [-0.2, 0) is 14.8 Å². The molecule has 0 saturated heterocycles. The zero-order chi connectivity index (χ0) is 21.6. The van der Waals surface area contributed by atoms with Crippen LogP contribution in [0.2, 0.25) is 5.02 Å². The summed E-state index contributed by atoms with van der Waals surface area (Å²) < 4.78 is 26.4. The summed E-state index contributed by atoms with van der Waals surface area (Å²) in [6.45, 7) is 3.49. The predicted molar refractivity (Wildman–Crippen MR) is 114 cm³/mol. The standard InChI is InChI=1S/C21H25ClN2O4S/c1-15(18-6-4-7-19(22)14-18)23-21(26)8-5-13-24(3)29(27,28)20-11-9-17(10-12-20)16(2)25/h4,6-7,9-12,14-15H,5,8,13H2,1-3H3,(H,23,26). The second-order valence-electron chi connectivity index (χ2n) is 6.85. The fourth-order valence-electron chi connectivity index (χ4n) is 2.80. The Morgan fingerprint density at radius 1 is 1.14 bits per heavy atom. The molecule has 0 heterocycles. The van der Waals surface area contributed by atoms with E-state index in [2.05, 4.69) is 5.32 Å². The van der Waals surface area contributed by atoms with Gasteiger partial charge in [-0.15, -0.1) is 0 Å². The number of carbonyl (C=O) groups excluding carboxylic acids is 2. The minimum atomic E-state index is -3.67. The highest BCUT2D eigenvalue weighted by atomic mass is 35.5. The summed E-state index contributed by atoms with van der Waals surface area (Å²) in [6.07, 6.45) is 0.587. The van der Waals surface area contributed by atoms with Crippen LogP contribution >= 0.6 is 11.6 Å². The number of Topliss-reactive ketones (excluding diaryl/α,β-unsaturated/α-hetero) is 1. The molecule has 29 heavy (non-hydrogen) atoms. The minimum absolute atomic E-state index is 0.115. The first-order valence-electron chi connectivity index (χ1n) is 9.23. The van der Waals surface area contributed by atoms with Crippen LogP contribution in [0.15, 0.2) is 53.4 Å². The van der Waals surface area contributed by atoms with Crippen molar-refractivity contribution in [2.24, 2.45) is 0 Å². The number of sulfonamides is 1. The Morgan fingerprint density at radius 2 is 1.79 bits per heavy atom. The van der Waals surface area contributed by atoms with Gasteiger partial charge in [0.05, 0.1) is 10.9 Å². The van der Waals surface area contributed by atoms with E-state index in [9.17, 15) is 18.0 Å². The maximum absolute atomic E-state index is 12.6. The molecular weight excluding hydrogens is 412 g/mol. The molecule has 1 amide bonds. The second kappa shape index (κ2) is 10.0. The molecule has 0 aromatic heterocycles. The lowest BCUT2D eigenvalue weighted by Gasteiger charge is -2.18. The van der Waals surface area contributed by atoms with Gasteiger partial charge >= 0.3 is 0 Å². The van der Waals surface area contributed by atoms with Gasteiger partial charge in [-0.2, -0.15) is 0 Å². The topological polar surface area (TPSA) is 83.6 Å². The van der Waals surface area contributed by atoms with Gasteiger partial charge in [-0.3, -0.25) is 9.59 Å². The molecule has 0 aliphatic carbocycles. The summed E-state index contributed by atoms with van der Waals surface area (Å²) >= 11 is 5.97. The number of amides is 1. The largest absolute Gasteiger partial charge is 0.350 e. The molecule has 6 nitrogen and oxygen atoms in total. The average Bonchev–Trinajstić information content (AvgIpc) is 2.67. The van der Waals surface area contributed by atoms with Crippen LogP contribution in [0.5, 0.6) is 0 Å². The third-order valence-corrected chi connectivity index (χ3v) is 6.68. The van der Waals surface area contributed by atoms with E-state index in [1.165, 1.54) is 42.5 Å². The minimum Gasteiger partial charge on any atom is -0.350 e. The second-order valence-corrected chi connectivity index (χ2v) is 9.34. The highest BCUT2D eigenvalue weighted by Crippen LogP contribution is 2.18. The SMILES string of the molecule is CC(=O)c1ccc(S(=O)(=O)N(C)CCCC(=O)NC(C)c2cccc(Cl)c2)cc1. The van der Waals surface area contributed by atoms with Crippen molar-refractivity contribution in [1.29, 1.82) is 0 Å². The fraction of sp³-hybridized carbons (Fsp3) is 0.333. The zero-order valence-corrected chi connectivity index (χ0v) is 18.3. The predicted octanol–water partition coefficient (Wildman–Crippen LogP) is 3.82. The molecule has 0 spiro atoms. The number of nitrogens with zero attached hydrogens (tertiary/aromatic N) is 1. The van der Waals surface area contributed by atoms with Crippen molar-refractivity contribution in [3.8, 4) is 0 Å². The highest BCUT2D eigenvalue weighted by molar-refractivity contribution is 7.89. The van der Waals surface area contributed by atoms with Crippen LogP contribution in [0.1, 0.15) is 48.7 Å². The molecule has 0 radical (unpaired) electrons. The van der Waals surface area contributed by atoms with E-state index in [0.717, 1.165) is 5.56 Å². The maximum Gasteiger partial charge on any atom is 0.242 e. The van der Waals surface area contributed by atoms with Gasteiger partial charge in [0.1, 0.15) is 0 Å². The van der Waals surface area contributed by atoms with E-state index in [-0.39, 0.29) is 35.6 Å². The number of carbonyl (C=O) groups is 2. The number of hydrogen-bond acceptors (Lipinski definition) is 4. The van der Waals surface area contributed by atoms with Crippen molar-refractivity contribution < 1.29 is 18.0 Å². The lowest BCUT2D eigenvalue weighted by Crippen LogP contribution is -2.30. The molecule has 0 aliphatic rings. The number of hydrogen-bond donors (Lipinski definition) is 1. The Morgan fingerprint density at radius 3 is 2.38 bits per heavy atom. The summed E-state index contributed by atoms with van der Waals surface area (Å²) in [7, 11) is -2.20. The lowest BCUT2D eigenvalue weighted by molar-refractivity contribution is -0.121. The lowest BCUT2D eigenvalue weighted by atomic mass is 10.1. The van der Waals surface area contributed by atoms with Crippen LogP contribution < -0.4 is 5.32 Å². The molecule has 0 aliphatic heterocycles. The van der Waals surface area contributed by atoms with Gasteiger partial charge in [-0.05, 0) is 50.1 Å². The Hall–Kier alpha value is -2.22. The fourth-order valence-corrected chi connectivity index (χ4v) is 4.21. The summed E-state index contributed by atoms with van der Waals surface area (Å²) in [6, 6.07) is 12.9. The Kier molecular flexibility index (Phi) is 7.96. The van der Waals surface area contributed by atoms with E-state index in [4.69, 9.17) is 11.6 Å². The van der Waals surface area contributed by atoms with Crippen LogP contribution in [0.4, 0.5) is 0 Å². The third-order valence-electron chi connectivity index (χ3n) is 4.57. The van der Waals surface area contributed by atoms with Gasteiger partial charge in [0.2, 0.25) is 15.9 Å². The Balaban J connectivity index is 1.87. The average molecular weight is 437 g/mol. The first kappa shape index (κ1) is 23.1. The number of halogens is 1. The molecule has 2 rings (SSSR count). The van der Waals surface area contributed by atoms with Crippen molar-refractivity contribution in [2.75, 3.05) is 13.6 Å². The van der Waals surface area contributed by atoms with E-state index in [1.54, 1.807) is 12.1 Å². The molecule has 2 aromatic carbocycles. The molecule has 156 valence electrons. The van der Waals surface area contributed by atoms with Crippen molar-refractivity contribution in [2.45, 2.75) is 37.6 Å². The Bertz CT molecular complexity index is 974. The number of rotatable bonds is 9. The number of benzene rings is 2. The molecule has 1 N–H and O–H groups in total. The van der Waals surface area contributed by atoms with Crippen LogP contribution in [-0.4, -0.2) is 38.0 Å². The molecule has 1 unspecified atom stereocenters. The Labute approximate surface area is 176 Å². The summed E-state index contributed by atoms with van der Waals surface area (Å²) in [5, 5.41) is 3.49. The molecule has 1 atom stereocenters.